The molecule has 1 saturated heterocycles. The van der Waals surface area contributed by atoms with Crippen LogP contribution < -0.4 is 5.32 Å². The molecule has 0 bridgehead atoms. The highest BCUT2D eigenvalue weighted by Gasteiger charge is 2.39. The van der Waals surface area contributed by atoms with Crippen LogP contribution in [0.5, 0.6) is 0 Å². The van der Waals surface area contributed by atoms with Gasteiger partial charge in [-0.25, -0.2) is 13.4 Å². The highest BCUT2D eigenvalue weighted by Crippen LogP contribution is 2.66. The van der Waals surface area contributed by atoms with E-state index in [9.17, 15) is 32.0 Å². The lowest BCUT2D eigenvalue weighted by molar-refractivity contribution is -0.173. The average Bonchev–Trinajstić information content (AvgIpc) is 3.03. The average molecular weight is 548 g/mol. The van der Waals surface area contributed by atoms with Crippen molar-refractivity contribution in [3.8, 4) is 11.8 Å². The van der Waals surface area contributed by atoms with E-state index >= 15 is 0 Å². The third kappa shape index (κ3) is 13.1. The minimum atomic E-state index is -5.40. The predicted octanol–water partition coefficient (Wildman–Crippen LogP) is 1.09. The lowest BCUT2D eigenvalue weighted by Crippen LogP contribution is -2.37. The topological polar surface area (TPSA) is 193 Å². The molecule has 1 aliphatic heterocycles. The number of carbonyl (C=O) groups excluding carboxylic acids is 1. The molecule has 0 aromatic carbocycles. The van der Waals surface area contributed by atoms with E-state index in [0.717, 1.165) is 6.21 Å². The summed E-state index contributed by atoms with van der Waals surface area (Å²) in [6, 6.07) is 0. The standard InChI is InChI=1S/C12H18F3N2O11P3S/c13-12(14,15)11(18)17-7-3-1-2-6-16-10-5-4-9(26-10)8-25-31(24,32)28-30(22,23)27-29(19,20)21/h6,9-10H,3-5,7-8H2,(H,17,18)(H,22,23)(H,24,32)(H2,19,20,21)/t9-,10+,31?/m0/s1. The Morgan fingerprint density at radius 3 is 2.50 bits per heavy atom. The molecule has 1 amide bonds. The number of aliphatic imine (C=N–C) groups is 1. The maximum Gasteiger partial charge on any atom is 0.488 e. The zero-order chi connectivity index (χ0) is 24.6. The molecule has 2 unspecified atom stereocenters. The number of amides is 1. The van der Waals surface area contributed by atoms with Crippen molar-refractivity contribution < 1.29 is 64.6 Å². The van der Waals surface area contributed by atoms with Crippen molar-refractivity contribution in [2.75, 3.05) is 13.2 Å². The first kappa shape index (κ1) is 29.3. The number of hydrogen-bond donors (Lipinski definition) is 5. The summed E-state index contributed by atoms with van der Waals surface area (Å²) in [6.45, 7) is -5.12. The van der Waals surface area contributed by atoms with Gasteiger partial charge in [-0.1, -0.05) is 11.8 Å². The first-order chi connectivity index (χ1) is 14.5. The summed E-state index contributed by atoms with van der Waals surface area (Å²) in [5.41, 5.74) is 0. The van der Waals surface area contributed by atoms with Crippen LogP contribution in [0.15, 0.2) is 4.99 Å². The first-order valence-corrected chi connectivity index (χ1v) is 13.9. The number of ether oxygens (including phenoxy) is 1. The second kappa shape index (κ2) is 12.1. The molecular weight excluding hydrogens is 530 g/mol. The lowest BCUT2D eigenvalue weighted by atomic mass is 10.2. The van der Waals surface area contributed by atoms with E-state index in [1.54, 1.807) is 5.32 Å². The van der Waals surface area contributed by atoms with E-state index in [1.165, 1.54) is 0 Å². The van der Waals surface area contributed by atoms with Crippen molar-refractivity contribution in [1.82, 2.24) is 5.32 Å². The maximum atomic E-state index is 12.0. The number of rotatable bonds is 10. The zero-order valence-corrected chi connectivity index (χ0v) is 19.2. The highest BCUT2D eigenvalue weighted by molar-refractivity contribution is 8.08. The molecule has 5 N–H and O–H groups in total. The van der Waals surface area contributed by atoms with Crippen LogP contribution in [-0.4, -0.2) is 63.4 Å². The monoisotopic (exact) mass is 548 g/mol. The van der Waals surface area contributed by atoms with Gasteiger partial charge in [0.05, 0.1) is 18.9 Å². The lowest BCUT2D eigenvalue weighted by Gasteiger charge is -2.20. The van der Waals surface area contributed by atoms with E-state index in [4.69, 9.17) is 23.9 Å². The first-order valence-electron chi connectivity index (χ1n) is 8.28. The van der Waals surface area contributed by atoms with Gasteiger partial charge in [-0.2, -0.15) is 17.5 Å². The third-order valence-corrected chi connectivity index (χ3v) is 7.84. The highest BCUT2D eigenvalue weighted by atomic mass is 32.5. The van der Waals surface area contributed by atoms with Crippen LogP contribution in [0.2, 0.25) is 0 Å². The number of alkyl halides is 3. The summed E-state index contributed by atoms with van der Waals surface area (Å²) >= 11 is 4.47. The fourth-order valence-corrected chi connectivity index (χ4v) is 5.97. The normalized spacial score (nSPS) is 23.2. The van der Waals surface area contributed by atoms with Crippen LogP contribution in [0.3, 0.4) is 0 Å². The molecule has 0 saturated carbocycles. The molecule has 184 valence electrons. The van der Waals surface area contributed by atoms with Crippen LogP contribution in [0.1, 0.15) is 19.3 Å². The molecule has 0 radical (unpaired) electrons. The molecule has 20 heteroatoms. The summed E-state index contributed by atoms with van der Waals surface area (Å²) in [5, 5.41) is 1.65. The molecule has 1 fully saturated rings. The molecule has 13 nitrogen and oxygen atoms in total. The maximum absolute atomic E-state index is 12.0. The van der Waals surface area contributed by atoms with Gasteiger partial charge >= 0.3 is 34.4 Å². The van der Waals surface area contributed by atoms with Crippen molar-refractivity contribution in [2.45, 2.75) is 37.8 Å². The van der Waals surface area contributed by atoms with Crippen LogP contribution in [0.4, 0.5) is 13.2 Å². The zero-order valence-electron chi connectivity index (χ0n) is 15.7. The van der Waals surface area contributed by atoms with Gasteiger partial charge in [0.15, 0.2) is 0 Å². The molecule has 0 spiro atoms. The van der Waals surface area contributed by atoms with Crippen molar-refractivity contribution in [3.63, 3.8) is 0 Å². The summed E-state index contributed by atoms with van der Waals surface area (Å²) in [5.74, 6) is 2.86. The summed E-state index contributed by atoms with van der Waals surface area (Å²) < 4.78 is 75.6. The van der Waals surface area contributed by atoms with Crippen molar-refractivity contribution >= 4 is 46.3 Å². The SMILES string of the molecule is O=C(NCCC#CC=N[C@H]1CC[C@@H](COP(O)(=S)OP(=O)(O)OP(=O)(O)O)O1)C(F)(F)F. The largest absolute Gasteiger partial charge is 0.488 e. The quantitative estimate of drug-likeness (QED) is 0.113. The van der Waals surface area contributed by atoms with E-state index in [2.05, 4.69) is 37.3 Å². The number of nitrogens with one attached hydrogen (secondary N) is 1. The third-order valence-electron chi connectivity index (χ3n) is 3.13. The molecule has 1 rings (SSSR count). The summed E-state index contributed by atoms with van der Waals surface area (Å²) in [7, 11) is -10.8. The molecule has 1 heterocycles. The van der Waals surface area contributed by atoms with Gasteiger partial charge < -0.3 is 34.2 Å². The molecule has 32 heavy (non-hydrogen) atoms. The molecule has 0 aliphatic carbocycles. The van der Waals surface area contributed by atoms with Gasteiger partial charge in [0, 0.05) is 13.0 Å². The second-order valence-corrected chi connectivity index (χ2v) is 11.6. The van der Waals surface area contributed by atoms with Crippen LogP contribution in [0, 0.1) is 11.8 Å². The number of hydrogen-bond acceptors (Lipinski definition) is 9. The fraction of sp³-hybridized carbons (Fsp3) is 0.667. The van der Waals surface area contributed by atoms with Gasteiger partial charge in [-0.05, 0) is 24.6 Å². The minimum Gasteiger partial charge on any atom is -0.351 e. The molecular formula is C12H18F3N2O11P3S. The van der Waals surface area contributed by atoms with E-state index in [-0.39, 0.29) is 13.0 Å². The Morgan fingerprint density at radius 2 is 1.91 bits per heavy atom. The van der Waals surface area contributed by atoms with Gasteiger partial charge in [-0.15, -0.1) is 0 Å². The molecule has 1 aliphatic rings. The fourth-order valence-electron chi connectivity index (χ4n) is 1.98. The second-order valence-electron chi connectivity index (χ2n) is 5.78. The van der Waals surface area contributed by atoms with E-state index in [0.29, 0.717) is 12.8 Å². The Morgan fingerprint density at radius 1 is 1.25 bits per heavy atom. The molecule has 4 atom stereocenters. The Kier molecular flexibility index (Phi) is 11.1. The predicted molar refractivity (Wildman–Crippen MR) is 104 cm³/mol. The Labute approximate surface area is 184 Å². The number of phosphoric acid groups is 2. The molecule has 0 aromatic rings. The van der Waals surface area contributed by atoms with Crippen LogP contribution >= 0.6 is 22.4 Å². The summed E-state index contributed by atoms with van der Waals surface area (Å²) in [6.07, 6.45) is -4.42. The number of halogens is 3. The minimum absolute atomic E-state index is 0.0443. The van der Waals surface area contributed by atoms with Crippen molar-refractivity contribution in [2.24, 2.45) is 4.99 Å². The Bertz CT molecular complexity index is 900. The Hall–Kier alpha value is -0.720. The molecule has 0 aromatic heterocycles. The van der Waals surface area contributed by atoms with Gasteiger partial charge in [0.25, 0.3) is 0 Å². The number of nitrogens with zero attached hydrogens (tertiary/aromatic N) is 1. The Balaban J connectivity index is 2.36. The van der Waals surface area contributed by atoms with E-state index < -0.39 is 53.4 Å². The number of carbonyl (C=O) groups is 1. The van der Waals surface area contributed by atoms with Crippen LogP contribution in [-0.2, 0) is 43.6 Å². The van der Waals surface area contributed by atoms with E-state index in [1.807, 2.05) is 0 Å². The van der Waals surface area contributed by atoms with Crippen molar-refractivity contribution in [3.05, 3.63) is 0 Å². The van der Waals surface area contributed by atoms with Crippen LogP contribution in [0.25, 0.3) is 0 Å². The smallest absolute Gasteiger partial charge is 0.351 e. The van der Waals surface area contributed by atoms with Gasteiger partial charge in [0.2, 0.25) is 0 Å². The van der Waals surface area contributed by atoms with Gasteiger partial charge in [-0.3, -0.25) is 9.79 Å². The van der Waals surface area contributed by atoms with Crippen molar-refractivity contribution in [1.29, 1.82) is 0 Å². The summed E-state index contributed by atoms with van der Waals surface area (Å²) in [4.78, 5) is 50.4. The van der Waals surface area contributed by atoms with Gasteiger partial charge in [0.1, 0.15) is 6.23 Å².